The molecule has 2 aromatic rings. The number of benzene rings is 1. The summed E-state index contributed by atoms with van der Waals surface area (Å²) in [6.45, 7) is 4.52. The first-order chi connectivity index (χ1) is 13.3. The minimum Gasteiger partial charge on any atom is -0.481 e. The Balaban J connectivity index is 1.78. The number of carboxylic acid groups (broad SMARTS) is 1. The van der Waals surface area contributed by atoms with Gasteiger partial charge in [0.25, 0.3) is 0 Å². The number of ether oxygens (including phenoxy) is 1. The zero-order valence-corrected chi connectivity index (χ0v) is 16.0. The second-order valence-electron chi connectivity index (χ2n) is 7.23. The van der Waals surface area contributed by atoms with Crippen molar-refractivity contribution >= 4 is 11.9 Å². The number of hydrogen-bond acceptors (Lipinski definition) is 4. The number of carboxylic acids is 1. The number of hydrogen-bond donors (Lipinski definition) is 2. The molecule has 1 aliphatic rings. The number of aliphatic carboxylic acids is 1. The van der Waals surface area contributed by atoms with Crippen LogP contribution >= 0.6 is 0 Å². The monoisotopic (exact) mass is 389 g/mol. The van der Waals surface area contributed by atoms with Crippen LogP contribution in [0.25, 0.3) is 5.69 Å². The number of aromatic nitrogens is 2. The van der Waals surface area contributed by atoms with Gasteiger partial charge in [-0.15, -0.1) is 0 Å². The van der Waals surface area contributed by atoms with Crippen molar-refractivity contribution in [1.29, 1.82) is 0 Å². The fourth-order valence-corrected chi connectivity index (χ4v) is 3.66. The van der Waals surface area contributed by atoms with E-state index in [9.17, 15) is 19.1 Å². The second-order valence-corrected chi connectivity index (χ2v) is 7.23. The largest absolute Gasteiger partial charge is 0.481 e. The molecule has 0 bridgehead atoms. The van der Waals surface area contributed by atoms with E-state index < -0.39 is 11.5 Å². The molecule has 1 aromatic heterocycles. The zero-order valence-electron chi connectivity index (χ0n) is 16.0. The molecule has 1 aromatic carbocycles. The van der Waals surface area contributed by atoms with Crippen LogP contribution < -0.4 is 5.32 Å². The van der Waals surface area contributed by atoms with E-state index in [1.165, 1.54) is 12.1 Å². The van der Waals surface area contributed by atoms with Gasteiger partial charge in [-0.2, -0.15) is 5.10 Å². The minimum atomic E-state index is -0.946. The molecule has 0 saturated carbocycles. The zero-order chi connectivity index (χ0) is 20.3. The van der Waals surface area contributed by atoms with E-state index in [4.69, 9.17) is 4.74 Å². The topological polar surface area (TPSA) is 93.5 Å². The van der Waals surface area contributed by atoms with Crippen molar-refractivity contribution in [2.45, 2.75) is 45.1 Å². The van der Waals surface area contributed by atoms with E-state index in [1.807, 2.05) is 13.8 Å². The first-order valence-electron chi connectivity index (χ1n) is 9.21. The van der Waals surface area contributed by atoms with Gasteiger partial charge in [-0.05, 0) is 51.0 Å². The van der Waals surface area contributed by atoms with Crippen molar-refractivity contribution in [2.24, 2.45) is 0 Å². The summed E-state index contributed by atoms with van der Waals surface area (Å²) in [6.07, 6.45) is 0.908. The third-order valence-corrected chi connectivity index (χ3v) is 5.19. The van der Waals surface area contributed by atoms with Crippen LogP contribution in [0, 0.1) is 19.7 Å². The molecule has 1 fully saturated rings. The van der Waals surface area contributed by atoms with Gasteiger partial charge in [0, 0.05) is 24.5 Å². The molecule has 150 valence electrons. The molecule has 3 rings (SSSR count). The van der Waals surface area contributed by atoms with Crippen molar-refractivity contribution in [1.82, 2.24) is 15.1 Å². The number of aryl methyl sites for hydroxylation is 1. The van der Waals surface area contributed by atoms with Gasteiger partial charge in [-0.1, -0.05) is 0 Å². The van der Waals surface area contributed by atoms with Crippen LogP contribution in [0.15, 0.2) is 24.3 Å². The number of nitrogens with one attached hydrogen (secondary N) is 1. The SMILES string of the molecule is Cc1nn(-c2ccc(F)cc2)c(C)c1CC(=O)NC1(CC(=O)O)CCOCC1. The van der Waals surface area contributed by atoms with E-state index in [-0.39, 0.29) is 24.6 Å². The first kappa shape index (κ1) is 20.0. The molecule has 0 unspecified atom stereocenters. The molecule has 0 spiro atoms. The summed E-state index contributed by atoms with van der Waals surface area (Å²) in [5.74, 6) is -1.52. The van der Waals surface area contributed by atoms with Gasteiger partial charge < -0.3 is 15.2 Å². The third-order valence-electron chi connectivity index (χ3n) is 5.19. The van der Waals surface area contributed by atoms with Crippen LogP contribution in [0.3, 0.4) is 0 Å². The molecule has 28 heavy (non-hydrogen) atoms. The first-order valence-corrected chi connectivity index (χ1v) is 9.21. The average molecular weight is 389 g/mol. The molecule has 0 radical (unpaired) electrons. The third kappa shape index (κ3) is 4.39. The average Bonchev–Trinajstić information content (AvgIpc) is 2.90. The Morgan fingerprint density at radius 1 is 1.25 bits per heavy atom. The van der Waals surface area contributed by atoms with E-state index in [1.54, 1.807) is 16.8 Å². The second kappa shape index (κ2) is 8.10. The Hall–Kier alpha value is -2.74. The highest BCUT2D eigenvalue weighted by Crippen LogP contribution is 2.25. The maximum absolute atomic E-state index is 13.2. The molecule has 0 aliphatic carbocycles. The van der Waals surface area contributed by atoms with Crippen molar-refractivity contribution in [2.75, 3.05) is 13.2 Å². The molecule has 1 amide bonds. The Labute approximate surface area is 162 Å². The maximum Gasteiger partial charge on any atom is 0.305 e. The van der Waals surface area contributed by atoms with Crippen LogP contribution in [-0.2, 0) is 20.7 Å². The molecule has 7 nitrogen and oxygen atoms in total. The van der Waals surface area contributed by atoms with Gasteiger partial charge in [-0.25, -0.2) is 9.07 Å². The lowest BCUT2D eigenvalue weighted by Gasteiger charge is -2.36. The standard InChI is InChI=1S/C20H24FN3O4/c1-13-17(14(2)24(23-13)16-5-3-15(21)4-6-16)11-18(25)22-20(12-19(26)27)7-9-28-10-8-20/h3-6H,7-12H2,1-2H3,(H,22,25)(H,26,27). The van der Waals surface area contributed by atoms with Gasteiger partial charge in [0.1, 0.15) is 5.82 Å². The fourth-order valence-electron chi connectivity index (χ4n) is 3.66. The number of amides is 1. The summed E-state index contributed by atoms with van der Waals surface area (Å²) in [6, 6.07) is 5.98. The maximum atomic E-state index is 13.2. The van der Waals surface area contributed by atoms with Crippen molar-refractivity contribution in [3.05, 3.63) is 47.0 Å². The molecule has 1 aliphatic heterocycles. The van der Waals surface area contributed by atoms with Gasteiger partial charge in [0.15, 0.2) is 0 Å². The van der Waals surface area contributed by atoms with Crippen molar-refractivity contribution in [3.8, 4) is 5.69 Å². The summed E-state index contributed by atoms with van der Waals surface area (Å²) >= 11 is 0. The van der Waals surface area contributed by atoms with Crippen LogP contribution in [0.2, 0.25) is 0 Å². The molecule has 2 heterocycles. The normalized spacial score (nSPS) is 16.0. The van der Waals surface area contributed by atoms with Gasteiger partial charge in [0.05, 0.1) is 29.8 Å². The summed E-state index contributed by atoms with van der Waals surface area (Å²) in [4.78, 5) is 24.0. The van der Waals surface area contributed by atoms with Gasteiger partial charge in [0.2, 0.25) is 5.91 Å². The lowest BCUT2D eigenvalue weighted by Crippen LogP contribution is -2.53. The summed E-state index contributed by atoms with van der Waals surface area (Å²) < 4.78 is 20.2. The predicted molar refractivity (Wildman–Crippen MR) is 99.9 cm³/mol. The molecule has 0 atom stereocenters. The highest BCUT2D eigenvalue weighted by Gasteiger charge is 2.36. The molecule has 8 heteroatoms. The van der Waals surface area contributed by atoms with Crippen molar-refractivity contribution < 1.29 is 23.8 Å². The van der Waals surface area contributed by atoms with Crippen LogP contribution in [0.4, 0.5) is 4.39 Å². The van der Waals surface area contributed by atoms with Gasteiger partial charge in [-0.3, -0.25) is 9.59 Å². The molecule has 2 N–H and O–H groups in total. The van der Waals surface area contributed by atoms with Crippen LogP contribution in [0.5, 0.6) is 0 Å². The predicted octanol–water partition coefficient (Wildman–Crippen LogP) is 2.31. The smallest absolute Gasteiger partial charge is 0.305 e. The Kier molecular flexibility index (Phi) is 5.79. The number of nitrogens with zero attached hydrogens (tertiary/aromatic N) is 2. The highest BCUT2D eigenvalue weighted by atomic mass is 19.1. The van der Waals surface area contributed by atoms with E-state index in [2.05, 4.69) is 10.4 Å². The Morgan fingerprint density at radius 2 is 1.89 bits per heavy atom. The van der Waals surface area contributed by atoms with Crippen LogP contribution in [-0.4, -0.2) is 45.5 Å². The number of carbonyl (C=O) groups excluding carboxylic acids is 1. The Morgan fingerprint density at radius 3 is 2.50 bits per heavy atom. The minimum absolute atomic E-state index is 0.0983. The summed E-state index contributed by atoms with van der Waals surface area (Å²) in [5, 5.41) is 16.7. The highest BCUT2D eigenvalue weighted by molar-refractivity contribution is 5.81. The number of rotatable bonds is 6. The summed E-state index contributed by atoms with van der Waals surface area (Å²) in [5.41, 5.74) is 2.20. The molecular weight excluding hydrogens is 365 g/mol. The lowest BCUT2D eigenvalue weighted by molar-refractivity contribution is -0.140. The van der Waals surface area contributed by atoms with Crippen LogP contribution in [0.1, 0.15) is 36.2 Å². The van der Waals surface area contributed by atoms with E-state index in [0.29, 0.717) is 37.4 Å². The van der Waals surface area contributed by atoms with E-state index >= 15 is 0 Å². The fraction of sp³-hybridized carbons (Fsp3) is 0.450. The molecule has 1 saturated heterocycles. The molecular formula is C20H24FN3O4. The number of carbonyl (C=O) groups is 2. The van der Waals surface area contributed by atoms with Gasteiger partial charge >= 0.3 is 5.97 Å². The summed E-state index contributed by atoms with van der Waals surface area (Å²) in [7, 11) is 0. The van der Waals surface area contributed by atoms with Crippen molar-refractivity contribution in [3.63, 3.8) is 0 Å². The van der Waals surface area contributed by atoms with E-state index in [0.717, 1.165) is 11.3 Å². The Bertz CT molecular complexity index is 870. The number of halogens is 1. The quantitative estimate of drug-likeness (QED) is 0.791. The lowest BCUT2D eigenvalue weighted by atomic mass is 9.86.